The van der Waals surface area contributed by atoms with Gasteiger partial charge in [0.2, 0.25) is 11.9 Å². The first-order valence-corrected chi connectivity index (χ1v) is 11.3. The van der Waals surface area contributed by atoms with Gasteiger partial charge in [0.05, 0.1) is 48.5 Å². The Morgan fingerprint density at radius 3 is 2.59 bits per heavy atom. The van der Waals surface area contributed by atoms with Crippen LogP contribution in [0.25, 0.3) is 22.0 Å². The Balaban J connectivity index is 1.63. The standard InChI is InChI=1S/C24H24Cl2N4O4/c1-4-20(31)28-16-7-8-34-12-17(16)30-24-27-11-14-9-13(5-6-15(14)29-24)21-22(25)18(32-2)10-19(33-3)23(21)26/h4-6,9-11,16-17H,1,7-8,12H2,2-3H3,(H,28,31)(H,27,29,30)/t16-,17?/m0/s1. The highest BCUT2D eigenvalue weighted by atomic mass is 35.5. The molecule has 1 unspecified atom stereocenters. The van der Waals surface area contributed by atoms with Gasteiger partial charge in [0, 0.05) is 29.8 Å². The van der Waals surface area contributed by atoms with Gasteiger partial charge in [0.1, 0.15) is 11.5 Å². The monoisotopic (exact) mass is 502 g/mol. The Morgan fingerprint density at radius 2 is 1.91 bits per heavy atom. The van der Waals surface area contributed by atoms with Crippen LogP contribution in [-0.2, 0) is 9.53 Å². The lowest BCUT2D eigenvalue weighted by molar-refractivity contribution is -0.117. The first kappa shape index (κ1) is 24.1. The highest BCUT2D eigenvalue weighted by Crippen LogP contribution is 2.46. The molecule has 1 saturated heterocycles. The molecule has 4 rings (SSSR count). The molecule has 0 aliphatic carbocycles. The number of hydrogen-bond acceptors (Lipinski definition) is 7. The summed E-state index contributed by atoms with van der Waals surface area (Å²) >= 11 is 13.1. The molecule has 10 heteroatoms. The molecule has 3 aromatic rings. The number of methoxy groups -OCH3 is 2. The second-order valence-electron chi connectivity index (χ2n) is 7.68. The van der Waals surface area contributed by atoms with Gasteiger partial charge < -0.3 is 24.8 Å². The van der Waals surface area contributed by atoms with Crippen molar-refractivity contribution >= 4 is 46.0 Å². The maximum absolute atomic E-state index is 11.8. The number of benzene rings is 2. The van der Waals surface area contributed by atoms with Crippen molar-refractivity contribution in [3.05, 3.63) is 53.2 Å². The minimum Gasteiger partial charge on any atom is -0.495 e. The van der Waals surface area contributed by atoms with Crippen LogP contribution in [-0.4, -0.2) is 55.4 Å². The number of nitrogens with one attached hydrogen (secondary N) is 2. The fourth-order valence-corrected chi connectivity index (χ4v) is 4.58. The average molecular weight is 503 g/mol. The van der Waals surface area contributed by atoms with Crippen LogP contribution in [0.3, 0.4) is 0 Å². The molecule has 2 aromatic carbocycles. The molecule has 0 radical (unpaired) electrons. The van der Waals surface area contributed by atoms with Crippen molar-refractivity contribution in [1.82, 2.24) is 15.3 Å². The van der Waals surface area contributed by atoms with Crippen molar-refractivity contribution in [2.24, 2.45) is 0 Å². The van der Waals surface area contributed by atoms with Gasteiger partial charge in [-0.05, 0) is 30.2 Å². The summed E-state index contributed by atoms with van der Waals surface area (Å²) in [5, 5.41) is 7.78. The number of rotatable bonds is 7. The molecule has 1 amide bonds. The lowest BCUT2D eigenvalue weighted by Crippen LogP contribution is -2.52. The number of hydrogen-bond donors (Lipinski definition) is 2. The first-order chi connectivity index (χ1) is 16.4. The molecule has 1 aliphatic rings. The minimum atomic E-state index is -0.225. The Hall–Kier alpha value is -3.07. The number of anilines is 1. The lowest BCUT2D eigenvalue weighted by Gasteiger charge is -2.32. The van der Waals surface area contributed by atoms with Gasteiger partial charge >= 0.3 is 0 Å². The molecule has 2 atom stereocenters. The fourth-order valence-electron chi connectivity index (χ4n) is 3.86. The van der Waals surface area contributed by atoms with E-state index in [2.05, 4.69) is 27.2 Å². The van der Waals surface area contributed by atoms with Crippen molar-refractivity contribution in [3.63, 3.8) is 0 Å². The molecule has 8 nitrogen and oxygen atoms in total. The molecule has 2 N–H and O–H groups in total. The fraction of sp³-hybridized carbons (Fsp3) is 0.292. The van der Waals surface area contributed by atoms with Crippen molar-refractivity contribution in [2.45, 2.75) is 18.5 Å². The molecule has 0 bridgehead atoms. The summed E-state index contributed by atoms with van der Waals surface area (Å²) in [6.07, 6.45) is 3.65. The Kier molecular flexibility index (Phi) is 7.41. The zero-order chi connectivity index (χ0) is 24.2. The van der Waals surface area contributed by atoms with E-state index in [9.17, 15) is 4.79 Å². The maximum Gasteiger partial charge on any atom is 0.243 e. The number of carbonyl (C=O) groups is 1. The first-order valence-electron chi connectivity index (χ1n) is 10.6. The highest BCUT2D eigenvalue weighted by Gasteiger charge is 2.27. The van der Waals surface area contributed by atoms with E-state index in [4.69, 9.17) is 37.4 Å². The average Bonchev–Trinajstić information content (AvgIpc) is 2.85. The SMILES string of the molecule is C=CC(=O)N[C@H]1CCOCC1Nc1ncc2cc(-c3c(Cl)c(OC)cc(OC)c3Cl)ccc2n1. The number of nitrogens with zero attached hydrogens (tertiary/aromatic N) is 2. The van der Waals surface area contributed by atoms with Crippen LogP contribution >= 0.6 is 23.2 Å². The third-order valence-electron chi connectivity index (χ3n) is 5.63. The summed E-state index contributed by atoms with van der Waals surface area (Å²) in [4.78, 5) is 20.8. The number of aromatic nitrogens is 2. The van der Waals surface area contributed by atoms with Crippen LogP contribution < -0.4 is 20.1 Å². The van der Waals surface area contributed by atoms with Gasteiger partial charge in [-0.1, -0.05) is 35.8 Å². The number of amides is 1. The van der Waals surface area contributed by atoms with E-state index in [1.54, 1.807) is 12.3 Å². The largest absolute Gasteiger partial charge is 0.495 e. The van der Waals surface area contributed by atoms with Crippen LogP contribution in [0.2, 0.25) is 10.0 Å². The minimum absolute atomic E-state index is 0.117. The predicted octanol–water partition coefficient (Wildman–Crippen LogP) is 4.49. The van der Waals surface area contributed by atoms with Gasteiger partial charge in [-0.25, -0.2) is 9.97 Å². The highest BCUT2D eigenvalue weighted by molar-refractivity contribution is 6.41. The topological polar surface area (TPSA) is 94.6 Å². The second kappa shape index (κ2) is 10.5. The van der Waals surface area contributed by atoms with Crippen LogP contribution in [0.5, 0.6) is 11.5 Å². The van der Waals surface area contributed by atoms with E-state index in [1.165, 1.54) is 20.3 Å². The van der Waals surface area contributed by atoms with Crippen molar-refractivity contribution in [3.8, 4) is 22.6 Å². The zero-order valence-electron chi connectivity index (χ0n) is 18.7. The smallest absolute Gasteiger partial charge is 0.243 e. The summed E-state index contributed by atoms with van der Waals surface area (Å²) in [6, 6.07) is 7.01. The summed E-state index contributed by atoms with van der Waals surface area (Å²) in [5.74, 6) is 1.13. The number of fused-ring (bicyclic) bond motifs is 1. The summed E-state index contributed by atoms with van der Waals surface area (Å²) in [6.45, 7) is 4.51. The Labute approximate surface area is 207 Å². The van der Waals surface area contributed by atoms with Crippen LogP contribution in [0.1, 0.15) is 6.42 Å². The van der Waals surface area contributed by atoms with Crippen LogP contribution in [0.15, 0.2) is 43.1 Å². The number of halogens is 2. The molecule has 1 aliphatic heterocycles. The zero-order valence-corrected chi connectivity index (χ0v) is 20.2. The van der Waals surface area contributed by atoms with E-state index in [0.29, 0.717) is 52.7 Å². The Bertz CT molecular complexity index is 1210. The van der Waals surface area contributed by atoms with E-state index in [0.717, 1.165) is 16.5 Å². The number of carbonyl (C=O) groups excluding carboxylic acids is 1. The number of ether oxygens (including phenoxy) is 3. The molecule has 0 spiro atoms. The molecular formula is C24H24Cl2N4O4. The van der Waals surface area contributed by atoms with E-state index < -0.39 is 0 Å². The molecular weight excluding hydrogens is 479 g/mol. The summed E-state index contributed by atoms with van der Waals surface area (Å²) in [5.41, 5.74) is 2.10. The lowest BCUT2D eigenvalue weighted by atomic mass is 10.0. The van der Waals surface area contributed by atoms with E-state index in [1.807, 2.05) is 18.2 Å². The quantitative estimate of drug-likeness (QED) is 0.459. The van der Waals surface area contributed by atoms with Crippen LogP contribution in [0, 0.1) is 0 Å². The molecule has 34 heavy (non-hydrogen) atoms. The van der Waals surface area contributed by atoms with Crippen molar-refractivity contribution < 1.29 is 19.0 Å². The molecule has 1 fully saturated rings. The van der Waals surface area contributed by atoms with Gasteiger partial charge in [0.15, 0.2) is 0 Å². The van der Waals surface area contributed by atoms with Crippen LogP contribution in [0.4, 0.5) is 5.95 Å². The van der Waals surface area contributed by atoms with E-state index >= 15 is 0 Å². The summed E-state index contributed by atoms with van der Waals surface area (Å²) in [7, 11) is 3.07. The van der Waals surface area contributed by atoms with Crippen molar-refractivity contribution in [1.29, 1.82) is 0 Å². The third kappa shape index (κ3) is 4.89. The Morgan fingerprint density at radius 1 is 1.18 bits per heavy atom. The third-order valence-corrected chi connectivity index (χ3v) is 6.38. The molecule has 0 saturated carbocycles. The molecule has 2 heterocycles. The molecule has 178 valence electrons. The van der Waals surface area contributed by atoms with Gasteiger partial charge in [-0.3, -0.25) is 4.79 Å². The second-order valence-corrected chi connectivity index (χ2v) is 8.44. The van der Waals surface area contributed by atoms with E-state index in [-0.39, 0.29) is 18.0 Å². The predicted molar refractivity (Wildman–Crippen MR) is 133 cm³/mol. The normalized spacial score (nSPS) is 17.8. The van der Waals surface area contributed by atoms with Gasteiger partial charge in [-0.2, -0.15) is 0 Å². The maximum atomic E-state index is 11.8. The van der Waals surface area contributed by atoms with Crippen molar-refractivity contribution in [2.75, 3.05) is 32.8 Å². The van der Waals surface area contributed by atoms with Gasteiger partial charge in [-0.15, -0.1) is 0 Å². The summed E-state index contributed by atoms with van der Waals surface area (Å²) < 4.78 is 16.3. The van der Waals surface area contributed by atoms with Gasteiger partial charge in [0.25, 0.3) is 0 Å². The molecule has 1 aromatic heterocycles.